The molecule has 0 bridgehead atoms. The zero-order valence-electron chi connectivity index (χ0n) is 21.3. The Morgan fingerprint density at radius 3 is 2.24 bits per heavy atom. The maximum atomic E-state index is 14.0. The van der Waals surface area contributed by atoms with Gasteiger partial charge in [0.05, 0.1) is 16.2 Å². The molecule has 0 N–H and O–H groups in total. The second kappa shape index (κ2) is 8.54. The van der Waals surface area contributed by atoms with Crippen molar-refractivity contribution in [1.29, 1.82) is 0 Å². The number of fused-ring (bicyclic) bond motifs is 1. The molecule has 33 heavy (non-hydrogen) atoms. The zero-order valence-corrected chi connectivity index (χ0v) is 23.1. The van der Waals surface area contributed by atoms with Gasteiger partial charge in [-0.05, 0) is 42.1 Å². The van der Waals surface area contributed by atoms with Crippen molar-refractivity contribution in [3.63, 3.8) is 0 Å². The molecule has 0 aliphatic heterocycles. The third-order valence-corrected chi connectivity index (χ3v) is 14.5. The Hall–Kier alpha value is -1.63. The van der Waals surface area contributed by atoms with Gasteiger partial charge < -0.3 is 9.53 Å². The van der Waals surface area contributed by atoms with E-state index in [1.807, 2.05) is 19.1 Å². The number of allylic oxidation sites excluding steroid dienone is 4. The van der Waals surface area contributed by atoms with E-state index in [-0.39, 0.29) is 16.9 Å². The van der Waals surface area contributed by atoms with Crippen LogP contribution < -0.4 is 5.11 Å². The molecule has 0 saturated heterocycles. The van der Waals surface area contributed by atoms with Gasteiger partial charge in [-0.3, -0.25) is 0 Å². The van der Waals surface area contributed by atoms with Crippen molar-refractivity contribution in [2.75, 3.05) is 0 Å². The van der Waals surface area contributed by atoms with Crippen LogP contribution in [0.5, 0.6) is 0 Å². The summed E-state index contributed by atoms with van der Waals surface area (Å²) < 4.78 is 34.8. The molecule has 0 amide bonds. The van der Waals surface area contributed by atoms with Crippen LogP contribution in [0.25, 0.3) is 0 Å². The summed E-state index contributed by atoms with van der Waals surface area (Å²) >= 11 is 0. The van der Waals surface area contributed by atoms with E-state index in [1.165, 1.54) is 0 Å². The summed E-state index contributed by atoms with van der Waals surface area (Å²) in [6.45, 7) is 17.3. The Balaban J connectivity index is 2.16. The first-order valence-electron chi connectivity index (χ1n) is 11.7. The van der Waals surface area contributed by atoms with E-state index < -0.39 is 40.2 Å². The number of benzene rings is 1. The van der Waals surface area contributed by atoms with Crippen molar-refractivity contribution in [2.45, 2.75) is 82.3 Å². The lowest BCUT2D eigenvalue weighted by Gasteiger charge is -2.48. The first kappa shape index (κ1) is 26.0. The average molecular weight is 488 g/mol. The maximum absolute atomic E-state index is 14.0. The van der Waals surface area contributed by atoms with Gasteiger partial charge in [0.25, 0.3) is 0 Å². The Morgan fingerprint density at radius 1 is 1.06 bits per heavy atom. The summed E-state index contributed by atoms with van der Waals surface area (Å²) in [5.41, 5.74) is -1.04. The largest absolute Gasteiger partial charge is 0.873 e. The van der Waals surface area contributed by atoms with E-state index in [4.69, 9.17) is 4.43 Å². The quantitative estimate of drug-likeness (QED) is 0.407. The van der Waals surface area contributed by atoms with Crippen LogP contribution in [-0.2, 0) is 14.3 Å². The van der Waals surface area contributed by atoms with E-state index in [1.54, 1.807) is 36.4 Å². The van der Waals surface area contributed by atoms with E-state index in [0.717, 1.165) is 0 Å². The lowest BCUT2D eigenvalue weighted by molar-refractivity contribution is -0.296. The summed E-state index contributed by atoms with van der Waals surface area (Å²) in [5, 5.41) is 11.7. The van der Waals surface area contributed by atoms with Gasteiger partial charge in [0, 0.05) is 11.3 Å². The van der Waals surface area contributed by atoms with Crippen LogP contribution >= 0.6 is 0 Å². The molecule has 0 unspecified atom stereocenters. The molecule has 0 aromatic heterocycles. The number of hydrogen-bond acceptors (Lipinski definition) is 4. The third kappa shape index (κ3) is 5.08. The molecule has 3 rings (SSSR count). The minimum atomic E-state index is -3.70. The molecule has 182 valence electrons. The van der Waals surface area contributed by atoms with Crippen LogP contribution in [-0.4, -0.2) is 28.1 Å². The SMILES string of the molecule is CC1(C)C[C@@H](S(=O)(=O)c2ccccc2)[C@H]2C=C([O-])C=C[C@@]2(C)/C=C\[C@@H]1O[Si](C)(C)C(C)(C)C. The Bertz CT molecular complexity index is 1060. The van der Waals surface area contributed by atoms with Gasteiger partial charge in [-0.15, -0.1) is 5.76 Å². The fraction of sp³-hybridized carbons (Fsp3) is 0.556. The molecular weight excluding hydrogens is 448 g/mol. The van der Waals surface area contributed by atoms with E-state index in [9.17, 15) is 13.5 Å². The van der Waals surface area contributed by atoms with E-state index >= 15 is 0 Å². The Kier molecular flexibility index (Phi) is 6.73. The van der Waals surface area contributed by atoms with Gasteiger partial charge in [0.1, 0.15) is 0 Å². The zero-order chi connectivity index (χ0) is 24.9. The van der Waals surface area contributed by atoms with Crippen LogP contribution in [0.15, 0.2) is 71.4 Å². The average Bonchev–Trinajstić information content (AvgIpc) is 2.70. The van der Waals surface area contributed by atoms with Crippen LogP contribution in [0.1, 0.15) is 48.0 Å². The first-order chi connectivity index (χ1) is 15.0. The number of sulfone groups is 1. The summed E-state index contributed by atoms with van der Waals surface area (Å²) in [6, 6.07) is 8.62. The van der Waals surface area contributed by atoms with Gasteiger partial charge >= 0.3 is 0 Å². The first-order valence-corrected chi connectivity index (χ1v) is 16.2. The smallest absolute Gasteiger partial charge is 0.192 e. The topological polar surface area (TPSA) is 66.4 Å². The standard InChI is InChI=1S/C27H40O4SSi/c1-25(2,3)33(7,8)31-24-15-17-27(6)16-14-20(28)18-22(27)23(19-26(24,4)5)32(29,30)21-12-10-9-11-13-21/h9-18,22-24,28H,19H2,1-8H3/p-1/b17-15-/t22-,23-,24+,27+/m1/s1. The van der Waals surface area contributed by atoms with Gasteiger partial charge in [-0.1, -0.05) is 90.1 Å². The molecule has 1 aromatic rings. The minimum Gasteiger partial charge on any atom is -0.873 e. The lowest BCUT2D eigenvalue weighted by Crippen LogP contribution is -2.51. The lowest BCUT2D eigenvalue weighted by atomic mass is 9.66. The van der Waals surface area contributed by atoms with E-state index in [2.05, 4.69) is 59.9 Å². The van der Waals surface area contributed by atoms with Gasteiger partial charge in [-0.25, -0.2) is 8.42 Å². The molecule has 4 nitrogen and oxygen atoms in total. The molecule has 4 atom stereocenters. The Morgan fingerprint density at radius 2 is 1.67 bits per heavy atom. The monoisotopic (exact) mass is 487 g/mol. The molecule has 0 heterocycles. The second-order valence-corrected chi connectivity index (χ2v) is 19.0. The van der Waals surface area contributed by atoms with Crippen molar-refractivity contribution in [2.24, 2.45) is 16.7 Å². The van der Waals surface area contributed by atoms with Gasteiger partial charge in [-0.2, -0.15) is 0 Å². The molecule has 0 fully saturated rings. The summed E-state index contributed by atoms with van der Waals surface area (Å²) in [4.78, 5) is 0.301. The van der Waals surface area contributed by atoms with Crippen LogP contribution in [0.2, 0.25) is 18.1 Å². The summed E-state index contributed by atoms with van der Waals surface area (Å²) in [6.07, 6.45) is 9.40. The van der Waals surface area contributed by atoms with Crippen LogP contribution in [0.3, 0.4) is 0 Å². The van der Waals surface area contributed by atoms with Crippen molar-refractivity contribution < 1.29 is 18.0 Å². The maximum Gasteiger partial charge on any atom is 0.192 e. The highest BCUT2D eigenvalue weighted by Gasteiger charge is 2.49. The molecule has 0 radical (unpaired) electrons. The van der Waals surface area contributed by atoms with E-state index in [0.29, 0.717) is 11.3 Å². The predicted octanol–water partition coefficient (Wildman–Crippen LogP) is 5.64. The summed E-state index contributed by atoms with van der Waals surface area (Å²) in [7, 11) is -5.81. The highest BCUT2D eigenvalue weighted by Crippen LogP contribution is 2.49. The second-order valence-electron chi connectivity index (χ2n) is 12.0. The highest BCUT2D eigenvalue weighted by molar-refractivity contribution is 7.92. The number of rotatable bonds is 4. The molecule has 2 aliphatic rings. The number of hydrogen-bond donors (Lipinski definition) is 0. The highest BCUT2D eigenvalue weighted by atomic mass is 32.2. The molecule has 1 aromatic carbocycles. The van der Waals surface area contributed by atoms with Crippen molar-refractivity contribution in [3.05, 3.63) is 66.5 Å². The third-order valence-electron chi connectivity index (χ3n) is 7.90. The van der Waals surface area contributed by atoms with Crippen LogP contribution in [0.4, 0.5) is 0 Å². The van der Waals surface area contributed by atoms with Crippen molar-refractivity contribution in [1.82, 2.24) is 0 Å². The normalized spacial score (nSPS) is 31.2. The molecule has 0 saturated carbocycles. The van der Waals surface area contributed by atoms with Crippen molar-refractivity contribution >= 4 is 18.2 Å². The predicted molar refractivity (Wildman–Crippen MR) is 136 cm³/mol. The van der Waals surface area contributed by atoms with Crippen LogP contribution in [0, 0.1) is 16.7 Å². The van der Waals surface area contributed by atoms with Gasteiger partial charge in [0.2, 0.25) is 0 Å². The fourth-order valence-electron chi connectivity index (χ4n) is 4.56. The minimum absolute atomic E-state index is 0.0339. The summed E-state index contributed by atoms with van der Waals surface area (Å²) in [5.74, 6) is -0.587. The molecule has 2 aliphatic carbocycles. The molecule has 6 heteroatoms. The Labute approximate surface area is 201 Å². The van der Waals surface area contributed by atoms with Crippen molar-refractivity contribution in [3.8, 4) is 0 Å². The van der Waals surface area contributed by atoms with Gasteiger partial charge in [0.15, 0.2) is 18.2 Å². The molecule has 0 spiro atoms. The molecular formula is C27H39O4SSi-. The fourth-order valence-corrected chi connectivity index (χ4v) is 8.24.